The molecule has 1 saturated carbocycles. The maximum absolute atomic E-state index is 13.3. The first kappa shape index (κ1) is 15.3. The Morgan fingerprint density at radius 3 is 2.82 bits per heavy atom. The van der Waals surface area contributed by atoms with Gasteiger partial charge in [0.05, 0.1) is 10.9 Å². The van der Waals surface area contributed by atoms with Crippen molar-refractivity contribution < 1.29 is 9.18 Å². The number of hydrogen-bond donors (Lipinski definition) is 1. The van der Waals surface area contributed by atoms with Crippen LogP contribution in [-0.4, -0.2) is 17.1 Å². The van der Waals surface area contributed by atoms with Gasteiger partial charge in [0.15, 0.2) is 5.17 Å². The van der Waals surface area contributed by atoms with Crippen LogP contribution in [0.4, 0.5) is 4.39 Å². The summed E-state index contributed by atoms with van der Waals surface area (Å²) in [6, 6.07) is 5.19. The van der Waals surface area contributed by atoms with Crippen molar-refractivity contribution in [2.75, 3.05) is 0 Å². The van der Waals surface area contributed by atoms with E-state index < -0.39 is 0 Å². The molecule has 1 heterocycles. The van der Waals surface area contributed by atoms with Gasteiger partial charge in [-0.15, -0.1) is 0 Å². The van der Waals surface area contributed by atoms with Gasteiger partial charge in [-0.05, 0) is 60.9 Å². The molecule has 3 nitrogen and oxygen atoms in total. The zero-order valence-corrected chi connectivity index (χ0v) is 13.4. The molecule has 22 heavy (non-hydrogen) atoms. The van der Waals surface area contributed by atoms with Crippen molar-refractivity contribution >= 4 is 28.9 Å². The fourth-order valence-electron chi connectivity index (χ4n) is 2.77. The van der Waals surface area contributed by atoms with Gasteiger partial charge in [0, 0.05) is 0 Å². The molecule has 116 valence electrons. The van der Waals surface area contributed by atoms with Gasteiger partial charge in [0.25, 0.3) is 5.91 Å². The number of amides is 1. The van der Waals surface area contributed by atoms with Crippen LogP contribution < -0.4 is 5.32 Å². The highest BCUT2D eigenvalue weighted by Gasteiger charge is 2.25. The van der Waals surface area contributed by atoms with Gasteiger partial charge in [0.1, 0.15) is 5.82 Å². The van der Waals surface area contributed by atoms with Crippen LogP contribution >= 0.6 is 11.8 Å². The summed E-state index contributed by atoms with van der Waals surface area (Å²) in [4.78, 5) is 17.3. The van der Waals surface area contributed by atoms with Crippen molar-refractivity contribution in [1.29, 1.82) is 0 Å². The van der Waals surface area contributed by atoms with Crippen LogP contribution in [0, 0.1) is 12.7 Å². The minimum atomic E-state index is -0.231. The summed E-state index contributed by atoms with van der Waals surface area (Å²) in [6.45, 7) is 1.72. The summed E-state index contributed by atoms with van der Waals surface area (Å²) in [6.07, 6.45) is 7.73. The number of benzene rings is 1. The van der Waals surface area contributed by atoms with Gasteiger partial charge in [0.2, 0.25) is 0 Å². The molecule has 1 aromatic carbocycles. The van der Waals surface area contributed by atoms with Gasteiger partial charge in [-0.3, -0.25) is 9.79 Å². The standard InChI is InChI=1S/C17H19FN2OS/c1-11-9-12(7-8-14(11)18)10-15-16(21)20-17(22-15)19-13-5-3-2-4-6-13/h7-10,13H,2-6H2,1H3,(H,19,20,21)/b15-10+. The number of nitrogens with one attached hydrogen (secondary N) is 1. The Bertz CT molecular complexity index is 648. The summed E-state index contributed by atoms with van der Waals surface area (Å²) in [5.74, 6) is -0.355. The number of rotatable bonds is 2. The number of carbonyl (C=O) groups is 1. The summed E-state index contributed by atoms with van der Waals surface area (Å²) >= 11 is 1.37. The zero-order valence-electron chi connectivity index (χ0n) is 12.6. The molecule has 0 unspecified atom stereocenters. The molecule has 1 aliphatic carbocycles. The minimum Gasteiger partial charge on any atom is -0.301 e. The van der Waals surface area contributed by atoms with E-state index in [1.165, 1.54) is 37.1 Å². The topological polar surface area (TPSA) is 41.5 Å². The Hall–Kier alpha value is -1.62. The molecule has 0 bridgehead atoms. The van der Waals surface area contributed by atoms with Crippen LogP contribution in [0.5, 0.6) is 0 Å². The van der Waals surface area contributed by atoms with E-state index in [1.807, 2.05) is 0 Å². The Balaban J connectivity index is 1.74. The van der Waals surface area contributed by atoms with Crippen LogP contribution in [0.25, 0.3) is 6.08 Å². The van der Waals surface area contributed by atoms with E-state index in [0.717, 1.165) is 18.4 Å². The predicted octanol–water partition coefficient (Wildman–Crippen LogP) is 4.03. The second-order valence-electron chi connectivity index (χ2n) is 5.80. The van der Waals surface area contributed by atoms with E-state index in [4.69, 9.17) is 0 Å². The Morgan fingerprint density at radius 1 is 1.32 bits per heavy atom. The van der Waals surface area contributed by atoms with E-state index in [0.29, 0.717) is 21.7 Å². The third kappa shape index (κ3) is 3.58. The van der Waals surface area contributed by atoms with E-state index in [2.05, 4.69) is 10.3 Å². The van der Waals surface area contributed by atoms with Crippen molar-refractivity contribution in [3.63, 3.8) is 0 Å². The summed E-state index contributed by atoms with van der Waals surface area (Å²) in [5.41, 5.74) is 1.41. The molecule has 1 aliphatic heterocycles. The molecule has 2 aliphatic rings. The maximum Gasteiger partial charge on any atom is 0.264 e. The van der Waals surface area contributed by atoms with Crippen molar-refractivity contribution in [3.8, 4) is 0 Å². The molecular weight excluding hydrogens is 299 g/mol. The average molecular weight is 318 g/mol. The van der Waals surface area contributed by atoms with Gasteiger partial charge >= 0.3 is 0 Å². The van der Waals surface area contributed by atoms with Gasteiger partial charge < -0.3 is 5.32 Å². The summed E-state index contributed by atoms with van der Waals surface area (Å²) < 4.78 is 13.3. The molecular formula is C17H19FN2OS. The summed E-state index contributed by atoms with van der Waals surface area (Å²) in [5, 5.41) is 3.53. The van der Waals surface area contributed by atoms with Crippen molar-refractivity contribution in [3.05, 3.63) is 40.0 Å². The molecule has 1 aromatic rings. The maximum atomic E-state index is 13.3. The number of carbonyl (C=O) groups excluding carboxylic acids is 1. The van der Waals surface area contributed by atoms with Crippen LogP contribution in [0.3, 0.4) is 0 Å². The molecule has 0 aromatic heterocycles. The third-order valence-corrected chi connectivity index (χ3v) is 4.93. The number of aryl methyl sites for hydroxylation is 1. The van der Waals surface area contributed by atoms with Crippen LogP contribution in [0.15, 0.2) is 28.1 Å². The lowest BCUT2D eigenvalue weighted by Gasteiger charge is -2.17. The molecule has 5 heteroatoms. The third-order valence-electron chi connectivity index (χ3n) is 4.01. The monoisotopic (exact) mass is 318 g/mol. The first-order chi connectivity index (χ1) is 10.6. The lowest BCUT2D eigenvalue weighted by atomic mass is 9.96. The van der Waals surface area contributed by atoms with E-state index >= 15 is 0 Å². The quantitative estimate of drug-likeness (QED) is 0.837. The number of thioether (sulfide) groups is 1. The number of halogens is 1. The number of hydrogen-bond acceptors (Lipinski definition) is 3. The fraction of sp³-hybridized carbons (Fsp3) is 0.412. The highest BCUT2D eigenvalue weighted by molar-refractivity contribution is 8.18. The minimum absolute atomic E-state index is 0.124. The SMILES string of the molecule is Cc1cc(/C=C2/SC(=NC3CCCCC3)NC2=O)ccc1F. The smallest absolute Gasteiger partial charge is 0.264 e. The average Bonchev–Trinajstić information content (AvgIpc) is 2.84. The van der Waals surface area contributed by atoms with Crippen molar-refractivity contribution in [2.24, 2.45) is 4.99 Å². The lowest BCUT2D eigenvalue weighted by molar-refractivity contribution is -0.115. The predicted molar refractivity (Wildman–Crippen MR) is 89.2 cm³/mol. The second kappa shape index (κ2) is 6.65. The van der Waals surface area contributed by atoms with E-state index in [9.17, 15) is 9.18 Å². The molecule has 0 atom stereocenters. The van der Waals surface area contributed by atoms with Crippen LogP contribution in [0.1, 0.15) is 43.2 Å². The van der Waals surface area contributed by atoms with Crippen LogP contribution in [-0.2, 0) is 4.79 Å². The summed E-state index contributed by atoms with van der Waals surface area (Å²) in [7, 11) is 0. The van der Waals surface area contributed by atoms with Gasteiger partial charge in [-0.1, -0.05) is 25.3 Å². The molecule has 1 amide bonds. The van der Waals surface area contributed by atoms with Crippen LogP contribution in [0.2, 0.25) is 0 Å². The van der Waals surface area contributed by atoms with Gasteiger partial charge in [-0.2, -0.15) is 0 Å². The van der Waals surface area contributed by atoms with Gasteiger partial charge in [-0.25, -0.2) is 4.39 Å². The number of amidine groups is 1. The Labute approximate surface area is 134 Å². The van der Waals surface area contributed by atoms with Crippen molar-refractivity contribution in [2.45, 2.75) is 45.1 Å². The Kier molecular flexibility index (Phi) is 4.62. The molecule has 0 radical (unpaired) electrons. The first-order valence-corrected chi connectivity index (χ1v) is 8.48. The largest absolute Gasteiger partial charge is 0.301 e. The normalized spacial score (nSPS) is 23.3. The molecule has 0 spiro atoms. The number of aliphatic imine (C=N–C) groups is 1. The molecule has 1 N–H and O–H groups in total. The highest BCUT2D eigenvalue weighted by Crippen LogP contribution is 2.28. The molecule has 1 saturated heterocycles. The second-order valence-corrected chi connectivity index (χ2v) is 6.83. The molecule has 3 rings (SSSR count). The Morgan fingerprint density at radius 2 is 2.09 bits per heavy atom. The number of nitrogens with zero attached hydrogens (tertiary/aromatic N) is 1. The van der Waals surface area contributed by atoms with E-state index in [-0.39, 0.29) is 11.7 Å². The zero-order chi connectivity index (χ0) is 15.5. The first-order valence-electron chi connectivity index (χ1n) is 7.67. The fourth-order valence-corrected chi connectivity index (χ4v) is 3.67. The van der Waals surface area contributed by atoms with Crippen molar-refractivity contribution in [1.82, 2.24) is 5.32 Å². The van der Waals surface area contributed by atoms with E-state index in [1.54, 1.807) is 25.1 Å². The lowest BCUT2D eigenvalue weighted by Crippen LogP contribution is -2.22. The molecule has 2 fully saturated rings. The highest BCUT2D eigenvalue weighted by atomic mass is 32.2.